The van der Waals surface area contributed by atoms with Crippen LogP contribution in [0.25, 0.3) is 11.0 Å². The number of pyridine rings is 1. The molecule has 22 heavy (non-hydrogen) atoms. The Kier molecular flexibility index (Phi) is 3.50. The first-order chi connectivity index (χ1) is 10.2. The topological polar surface area (TPSA) is 87.7 Å². The van der Waals surface area contributed by atoms with Crippen LogP contribution in [0.5, 0.6) is 0 Å². The van der Waals surface area contributed by atoms with Gasteiger partial charge in [0.2, 0.25) is 10.0 Å². The number of anilines is 1. The summed E-state index contributed by atoms with van der Waals surface area (Å²) in [5, 5.41) is 6.21. The monoisotopic (exact) mass is 334 g/mol. The van der Waals surface area contributed by atoms with E-state index in [1.165, 1.54) is 0 Å². The highest BCUT2D eigenvalue weighted by atomic mass is 32.2. The number of aromatic nitrogens is 3. The van der Waals surface area contributed by atoms with Crippen molar-refractivity contribution in [2.24, 2.45) is 5.92 Å². The standard InChI is InChI=1S/C12H13F3N4O2S/c13-12(14,15)9-4-3-8-10(16-9)17-18-11(8)19-22(20,21)6-5-7-1-2-7/h3-4,7H,1-2,5-6H2,(H2,16,17,18,19). The van der Waals surface area contributed by atoms with Gasteiger partial charge < -0.3 is 0 Å². The number of fused-ring (bicyclic) bond motifs is 1. The predicted molar refractivity (Wildman–Crippen MR) is 73.6 cm³/mol. The molecular formula is C12H13F3N4O2S. The van der Waals surface area contributed by atoms with Gasteiger partial charge in [0.15, 0.2) is 11.5 Å². The molecule has 0 aliphatic heterocycles. The van der Waals surface area contributed by atoms with Crippen molar-refractivity contribution in [3.8, 4) is 0 Å². The van der Waals surface area contributed by atoms with Gasteiger partial charge >= 0.3 is 6.18 Å². The van der Waals surface area contributed by atoms with Gasteiger partial charge in [-0.2, -0.15) is 18.3 Å². The minimum atomic E-state index is -4.57. The molecule has 10 heteroatoms. The van der Waals surface area contributed by atoms with Crippen LogP contribution in [0.3, 0.4) is 0 Å². The molecule has 0 amide bonds. The summed E-state index contributed by atoms with van der Waals surface area (Å²) in [5.41, 5.74) is -1.18. The maximum atomic E-state index is 12.6. The number of aromatic amines is 1. The lowest BCUT2D eigenvalue weighted by molar-refractivity contribution is -0.141. The Morgan fingerprint density at radius 2 is 2.05 bits per heavy atom. The van der Waals surface area contributed by atoms with E-state index < -0.39 is 21.9 Å². The number of halogens is 3. The molecule has 0 saturated heterocycles. The smallest absolute Gasteiger partial charge is 0.265 e. The molecule has 0 unspecified atom stereocenters. The van der Waals surface area contributed by atoms with Crippen LogP contribution in [0.15, 0.2) is 12.1 Å². The maximum absolute atomic E-state index is 12.6. The van der Waals surface area contributed by atoms with E-state index in [4.69, 9.17) is 0 Å². The SMILES string of the molecule is O=S(=O)(CCC1CC1)Nc1n[nH]c2nc(C(F)(F)F)ccc12. The summed E-state index contributed by atoms with van der Waals surface area (Å²) < 4.78 is 63.9. The maximum Gasteiger partial charge on any atom is 0.433 e. The first-order valence-electron chi connectivity index (χ1n) is 6.67. The predicted octanol–water partition coefficient (Wildman–Crippen LogP) is 2.52. The minimum absolute atomic E-state index is 0.0277. The summed E-state index contributed by atoms with van der Waals surface area (Å²) in [4.78, 5) is 3.40. The number of nitrogens with zero attached hydrogens (tertiary/aromatic N) is 2. The number of sulfonamides is 1. The highest BCUT2D eigenvalue weighted by Gasteiger charge is 2.33. The van der Waals surface area contributed by atoms with Crippen molar-refractivity contribution in [3.05, 3.63) is 17.8 Å². The molecule has 2 heterocycles. The van der Waals surface area contributed by atoms with E-state index in [-0.39, 0.29) is 22.6 Å². The second-order valence-electron chi connectivity index (χ2n) is 5.32. The van der Waals surface area contributed by atoms with Crippen LogP contribution in [-0.2, 0) is 16.2 Å². The molecule has 2 aromatic heterocycles. The van der Waals surface area contributed by atoms with Crippen LogP contribution in [0.2, 0.25) is 0 Å². The van der Waals surface area contributed by atoms with Gasteiger partial charge in [0.25, 0.3) is 0 Å². The first-order valence-corrected chi connectivity index (χ1v) is 8.33. The molecule has 0 spiro atoms. The van der Waals surface area contributed by atoms with Crippen LogP contribution in [0.1, 0.15) is 25.0 Å². The molecule has 0 atom stereocenters. The molecule has 1 aliphatic rings. The summed E-state index contributed by atoms with van der Waals surface area (Å²) >= 11 is 0. The van der Waals surface area contributed by atoms with Crippen LogP contribution < -0.4 is 4.72 Å². The molecule has 0 aromatic carbocycles. The van der Waals surface area contributed by atoms with Crippen molar-refractivity contribution in [3.63, 3.8) is 0 Å². The fourth-order valence-electron chi connectivity index (χ4n) is 2.07. The van der Waals surface area contributed by atoms with Crippen molar-refractivity contribution in [2.45, 2.75) is 25.4 Å². The van der Waals surface area contributed by atoms with Gasteiger partial charge in [-0.3, -0.25) is 9.82 Å². The fraction of sp³-hybridized carbons (Fsp3) is 0.500. The van der Waals surface area contributed by atoms with Crippen molar-refractivity contribution >= 4 is 26.9 Å². The Morgan fingerprint density at radius 1 is 1.32 bits per heavy atom. The van der Waals surface area contributed by atoms with E-state index in [9.17, 15) is 21.6 Å². The zero-order chi connectivity index (χ0) is 16.0. The number of nitrogens with one attached hydrogen (secondary N) is 2. The lowest BCUT2D eigenvalue weighted by Crippen LogP contribution is -2.17. The third kappa shape index (κ3) is 3.32. The normalized spacial score (nSPS) is 16.1. The van der Waals surface area contributed by atoms with Crippen molar-refractivity contribution in [1.82, 2.24) is 15.2 Å². The number of rotatable bonds is 5. The molecule has 0 radical (unpaired) electrons. The Hall–Kier alpha value is -1.84. The quantitative estimate of drug-likeness (QED) is 0.879. The molecule has 1 aliphatic carbocycles. The van der Waals surface area contributed by atoms with E-state index in [1.54, 1.807) is 0 Å². The molecule has 120 valence electrons. The molecular weight excluding hydrogens is 321 g/mol. The molecule has 1 saturated carbocycles. The Labute approximate surface area is 124 Å². The summed E-state index contributed by atoms with van der Waals surface area (Å²) in [6.07, 6.45) is -1.90. The van der Waals surface area contributed by atoms with E-state index in [0.717, 1.165) is 25.0 Å². The third-order valence-corrected chi connectivity index (χ3v) is 4.74. The van der Waals surface area contributed by atoms with Gasteiger partial charge in [0.1, 0.15) is 5.69 Å². The number of hydrogen-bond donors (Lipinski definition) is 2. The second-order valence-corrected chi connectivity index (χ2v) is 7.16. The van der Waals surface area contributed by atoms with Gasteiger partial charge in [0.05, 0.1) is 11.1 Å². The van der Waals surface area contributed by atoms with Crippen LogP contribution >= 0.6 is 0 Å². The summed E-state index contributed by atoms with van der Waals surface area (Å²) in [5.74, 6) is 0.399. The summed E-state index contributed by atoms with van der Waals surface area (Å²) in [7, 11) is -3.57. The molecule has 2 aromatic rings. The van der Waals surface area contributed by atoms with Crippen molar-refractivity contribution in [2.75, 3.05) is 10.5 Å². The first kappa shape index (κ1) is 15.1. The summed E-state index contributed by atoms with van der Waals surface area (Å²) in [6, 6.07) is 1.94. The Balaban J connectivity index is 1.82. The van der Waals surface area contributed by atoms with E-state index in [2.05, 4.69) is 19.9 Å². The van der Waals surface area contributed by atoms with Gasteiger partial charge in [-0.15, -0.1) is 0 Å². The van der Waals surface area contributed by atoms with Crippen LogP contribution in [0.4, 0.5) is 19.0 Å². The molecule has 3 rings (SSSR count). The van der Waals surface area contributed by atoms with Gasteiger partial charge in [0, 0.05) is 0 Å². The number of alkyl halides is 3. The summed E-state index contributed by atoms with van der Waals surface area (Å²) in [6.45, 7) is 0. The Bertz CT molecular complexity index is 796. The van der Waals surface area contributed by atoms with Crippen LogP contribution in [0, 0.1) is 5.92 Å². The Morgan fingerprint density at radius 3 is 2.68 bits per heavy atom. The lowest BCUT2D eigenvalue weighted by atomic mass is 10.3. The average Bonchev–Trinajstić information content (AvgIpc) is 3.18. The van der Waals surface area contributed by atoms with Gasteiger partial charge in [-0.25, -0.2) is 13.4 Å². The number of hydrogen-bond acceptors (Lipinski definition) is 4. The average molecular weight is 334 g/mol. The largest absolute Gasteiger partial charge is 0.433 e. The number of H-pyrrole nitrogens is 1. The highest BCUT2D eigenvalue weighted by molar-refractivity contribution is 7.92. The van der Waals surface area contributed by atoms with Gasteiger partial charge in [-0.1, -0.05) is 12.8 Å². The fourth-order valence-corrected chi connectivity index (χ4v) is 3.26. The van der Waals surface area contributed by atoms with Crippen LogP contribution in [-0.4, -0.2) is 29.4 Å². The van der Waals surface area contributed by atoms with E-state index in [1.807, 2.05) is 0 Å². The zero-order valence-electron chi connectivity index (χ0n) is 11.3. The molecule has 0 bridgehead atoms. The molecule has 1 fully saturated rings. The van der Waals surface area contributed by atoms with E-state index >= 15 is 0 Å². The molecule has 6 nitrogen and oxygen atoms in total. The van der Waals surface area contributed by atoms with Crippen molar-refractivity contribution < 1.29 is 21.6 Å². The highest BCUT2D eigenvalue weighted by Crippen LogP contribution is 2.33. The zero-order valence-corrected chi connectivity index (χ0v) is 12.1. The minimum Gasteiger partial charge on any atom is -0.265 e. The third-order valence-electron chi connectivity index (χ3n) is 3.46. The van der Waals surface area contributed by atoms with Crippen molar-refractivity contribution in [1.29, 1.82) is 0 Å². The van der Waals surface area contributed by atoms with E-state index in [0.29, 0.717) is 12.3 Å². The molecule has 2 N–H and O–H groups in total. The second kappa shape index (κ2) is 5.11. The lowest BCUT2D eigenvalue weighted by Gasteiger charge is -2.06. The van der Waals surface area contributed by atoms with Gasteiger partial charge in [-0.05, 0) is 24.5 Å².